The van der Waals surface area contributed by atoms with Crippen LogP contribution >= 0.6 is 0 Å². The van der Waals surface area contributed by atoms with Gasteiger partial charge in [0.1, 0.15) is 72.5 Å². The van der Waals surface area contributed by atoms with Crippen LogP contribution in [0.2, 0.25) is 0 Å². The Bertz CT molecular complexity index is 2710. The number of guanidine groups is 1. The number of carbonyl (C=O) groups excluding carboxylic acids is 12. The summed E-state index contributed by atoms with van der Waals surface area (Å²) in [6.07, 6.45) is -4.35. The number of amides is 12. The van der Waals surface area contributed by atoms with Crippen LogP contribution in [0.25, 0.3) is 0 Å². The maximum Gasteiger partial charge on any atom is 0.326 e. The highest BCUT2D eigenvalue weighted by atomic mass is 16.4. The molecule has 0 unspecified atom stereocenters. The van der Waals surface area contributed by atoms with Gasteiger partial charge in [-0.1, -0.05) is 68.2 Å². The largest absolute Gasteiger partial charge is 0.481 e. The molecule has 0 spiro atoms. The number of nitrogens with zero attached hydrogens (tertiary/aromatic N) is 1. The van der Waals surface area contributed by atoms with Crippen LogP contribution < -0.4 is 86.7 Å². The highest BCUT2D eigenvalue weighted by Crippen LogP contribution is 2.14. The number of aliphatic carboxylic acids is 3. The Kier molecular flexibility index (Phi) is 40.7. The molecule has 0 aromatic heterocycles. The van der Waals surface area contributed by atoms with Gasteiger partial charge in [-0.25, -0.2) is 4.79 Å². The third-order valence-electron chi connectivity index (χ3n) is 15.4. The van der Waals surface area contributed by atoms with Crippen LogP contribution in [0, 0.1) is 23.7 Å². The molecule has 0 aromatic carbocycles. The fraction of sp³-hybridized carbons (Fsp3) is 0.729. The first-order valence-electron chi connectivity index (χ1n) is 31.9. The third-order valence-corrected chi connectivity index (χ3v) is 15.4. The van der Waals surface area contributed by atoms with Gasteiger partial charge in [-0.3, -0.25) is 72.1 Å². The van der Waals surface area contributed by atoms with Crippen LogP contribution in [-0.4, -0.2) is 236 Å². The highest BCUT2D eigenvalue weighted by molar-refractivity contribution is 6.00. The summed E-state index contributed by atoms with van der Waals surface area (Å²) in [6, 6.07) is -18.8. The van der Waals surface area contributed by atoms with Gasteiger partial charge in [-0.2, -0.15) is 0 Å². The first-order chi connectivity index (χ1) is 45.2. The molecule has 0 rings (SSSR count). The van der Waals surface area contributed by atoms with Gasteiger partial charge in [0.05, 0.1) is 31.8 Å². The zero-order chi connectivity index (χ0) is 74.7. The first kappa shape index (κ1) is 88.1. The van der Waals surface area contributed by atoms with Crippen molar-refractivity contribution in [1.29, 1.82) is 0 Å². The van der Waals surface area contributed by atoms with Crippen molar-refractivity contribution in [2.45, 2.75) is 225 Å². The lowest BCUT2D eigenvalue weighted by Crippen LogP contribution is -2.62. The quantitative estimate of drug-likeness (QED) is 0.0153. The SMILES string of the molecule is CC[C@H](C)[C@H](NC(=O)[C@H](CCCCN)NC(=O)CNC(=O)[C@H](CCC(=O)O)NC(=O)[C@@H](NC(=O)[C@H](CO)NC(=O)[C@H](C)NC(=O)[C@@H](NC(=O)[C@@H](NC(=O)[C@@H](N)[C@@H](C)O)[C@@H](C)CC)[C@@H](C)O)C(C)C)C(=O)N[C@@H](CC(=O)O)C(=O)N[C@@H](CCCN=C(N)N)C(=O)N[C@H](C(=O)O)C(C)C. The molecule has 12 amide bonds. The van der Waals surface area contributed by atoms with Crippen LogP contribution in [0.15, 0.2) is 4.99 Å². The zero-order valence-electron chi connectivity index (χ0n) is 56.9. The Morgan fingerprint density at radius 3 is 1.33 bits per heavy atom. The molecule has 0 fully saturated rings. The summed E-state index contributed by atoms with van der Waals surface area (Å²) in [6.45, 7) is 14.1. The van der Waals surface area contributed by atoms with Crippen LogP contribution in [0.3, 0.4) is 0 Å². The normalized spacial score (nSPS) is 16.1. The molecule has 0 radical (unpaired) electrons. The van der Waals surface area contributed by atoms with Crippen molar-refractivity contribution in [3.05, 3.63) is 0 Å². The molecular weight excluding hydrogens is 1280 g/mol. The number of hydrogen-bond donors (Lipinski definition) is 22. The minimum absolute atomic E-state index is 0.0296. The molecule has 16 atom stereocenters. The Hall–Kier alpha value is -8.88. The number of carboxylic acids is 3. The summed E-state index contributed by atoms with van der Waals surface area (Å²) < 4.78 is 0. The molecule has 0 heterocycles. The average molecular weight is 1390 g/mol. The number of unbranched alkanes of at least 4 members (excludes halogenated alkanes) is 1. The number of aliphatic imine (C=N–C) groups is 1. The molecule has 0 aromatic rings. The van der Waals surface area contributed by atoms with E-state index in [9.17, 15) is 103 Å². The van der Waals surface area contributed by atoms with Crippen molar-refractivity contribution < 1.29 is 103 Å². The molecule has 0 aliphatic rings. The second-order valence-corrected chi connectivity index (χ2v) is 24.3. The van der Waals surface area contributed by atoms with Gasteiger partial charge in [-0.15, -0.1) is 0 Å². The number of aliphatic hydroxyl groups excluding tert-OH is 3. The summed E-state index contributed by atoms with van der Waals surface area (Å²) in [4.78, 5) is 203. The highest BCUT2D eigenvalue weighted by Gasteiger charge is 2.39. The minimum Gasteiger partial charge on any atom is -0.481 e. The van der Waals surface area contributed by atoms with E-state index in [1.54, 1.807) is 20.8 Å². The lowest BCUT2D eigenvalue weighted by atomic mass is 9.96. The van der Waals surface area contributed by atoms with Crippen molar-refractivity contribution in [2.24, 2.45) is 51.6 Å². The van der Waals surface area contributed by atoms with E-state index in [0.717, 1.165) is 13.8 Å². The summed E-state index contributed by atoms with van der Waals surface area (Å²) in [5.74, 6) is -19.9. The van der Waals surface area contributed by atoms with Crippen LogP contribution in [0.4, 0.5) is 0 Å². The number of nitrogens with one attached hydrogen (secondary N) is 12. The Labute approximate surface area is 562 Å². The lowest BCUT2D eigenvalue weighted by molar-refractivity contribution is -0.144. The van der Waals surface area contributed by atoms with Crippen molar-refractivity contribution in [3.8, 4) is 0 Å². The van der Waals surface area contributed by atoms with Crippen LogP contribution in [-0.2, 0) is 71.9 Å². The molecule has 0 aliphatic heterocycles. The number of rotatable bonds is 47. The standard InChI is InChI=1S/C59H105N17O21/c1-12-28(7)44(55(93)70-36(23-40(83)84)51(89)68-34(18-16-22-64-59(62)63)50(88)73-43(27(5)6)58(96)97)74-49(87)33(17-14-15-21-60)67-38(80)24-65-48(86)35(19-20-39(81)82)69-54(92)42(26(3)4)72-52(90)37(25-77)71-47(85)30(9)66-57(95)46(32(11)79)76-56(94)45(29(8)13-2)75-53(91)41(61)31(10)78/h26-37,41-46,77-79H,12-25,60-61H2,1-11H3,(H,65,86)(H,66,95)(H,67,80)(H,68,89)(H,69,92)(H,70,93)(H,71,85)(H,72,90)(H,73,88)(H,74,87)(H,75,91)(H,76,94)(H,81,82)(H,83,84)(H,96,97)(H4,62,63,64)/t28-,29-,30-,31+,32+,33-,34-,35-,36-,37-,41-,42-,43-,44-,45-,46-/m0/s1. The smallest absolute Gasteiger partial charge is 0.326 e. The maximum absolute atomic E-state index is 14.1. The van der Waals surface area contributed by atoms with E-state index in [0.29, 0.717) is 12.8 Å². The van der Waals surface area contributed by atoms with Gasteiger partial charge in [0, 0.05) is 13.0 Å². The average Bonchev–Trinajstić information content (AvgIpc) is 0.959. The maximum atomic E-state index is 14.1. The minimum atomic E-state index is -1.89. The second kappa shape index (κ2) is 44.8. The van der Waals surface area contributed by atoms with Crippen molar-refractivity contribution in [1.82, 2.24) is 63.8 Å². The molecule has 552 valence electrons. The fourth-order valence-electron chi connectivity index (χ4n) is 8.98. The molecule has 97 heavy (non-hydrogen) atoms. The number of hydrogen-bond acceptors (Lipinski definition) is 21. The second-order valence-electron chi connectivity index (χ2n) is 24.3. The van der Waals surface area contributed by atoms with E-state index < -0.39 is 230 Å². The summed E-state index contributed by atoms with van der Waals surface area (Å²) >= 11 is 0. The van der Waals surface area contributed by atoms with E-state index in [4.69, 9.17) is 22.9 Å². The van der Waals surface area contributed by atoms with E-state index in [1.807, 2.05) is 0 Å². The van der Waals surface area contributed by atoms with Crippen molar-refractivity contribution in [3.63, 3.8) is 0 Å². The van der Waals surface area contributed by atoms with Crippen molar-refractivity contribution >= 4 is 94.8 Å². The summed E-state index contributed by atoms with van der Waals surface area (Å²) in [5.41, 5.74) is 22.2. The van der Waals surface area contributed by atoms with Crippen LogP contribution in [0.1, 0.15) is 140 Å². The zero-order valence-corrected chi connectivity index (χ0v) is 56.9. The molecule has 0 aliphatic carbocycles. The molecule has 0 saturated carbocycles. The molecule has 38 nitrogen and oxygen atoms in total. The monoisotopic (exact) mass is 1390 g/mol. The predicted octanol–water partition coefficient (Wildman–Crippen LogP) is -7.45. The van der Waals surface area contributed by atoms with E-state index in [-0.39, 0.29) is 51.2 Å². The fourth-order valence-corrected chi connectivity index (χ4v) is 8.98. The topological polar surface area (TPSA) is 638 Å². The number of aliphatic hydroxyl groups is 3. The van der Waals surface area contributed by atoms with Gasteiger partial charge >= 0.3 is 17.9 Å². The predicted molar refractivity (Wildman–Crippen MR) is 347 cm³/mol. The van der Waals surface area contributed by atoms with Crippen LogP contribution in [0.5, 0.6) is 0 Å². The van der Waals surface area contributed by atoms with Gasteiger partial charge in [-0.05, 0) is 89.5 Å². The van der Waals surface area contributed by atoms with E-state index in [2.05, 4.69) is 68.8 Å². The summed E-state index contributed by atoms with van der Waals surface area (Å²) in [7, 11) is 0. The molecule has 0 bridgehead atoms. The van der Waals surface area contributed by atoms with Gasteiger partial charge in [0.25, 0.3) is 0 Å². The first-order valence-corrected chi connectivity index (χ1v) is 31.9. The van der Waals surface area contributed by atoms with E-state index >= 15 is 0 Å². The molecule has 0 saturated heterocycles. The Balaban J connectivity index is 6.50. The lowest BCUT2D eigenvalue weighted by Gasteiger charge is -2.29. The van der Waals surface area contributed by atoms with Gasteiger partial charge in [0.2, 0.25) is 70.9 Å². The molecular formula is C59H105N17O21. The van der Waals surface area contributed by atoms with E-state index in [1.165, 1.54) is 41.5 Å². The number of carboxylic acid groups (broad SMARTS) is 3. The number of nitrogens with two attached hydrogens (primary N) is 4. The molecule has 38 heteroatoms. The Morgan fingerprint density at radius 2 is 0.856 bits per heavy atom. The summed E-state index contributed by atoms with van der Waals surface area (Å²) in [5, 5.41) is 87.7. The van der Waals surface area contributed by atoms with Gasteiger partial charge < -0.3 is 117 Å². The Morgan fingerprint density at radius 1 is 0.433 bits per heavy atom. The molecule has 26 N–H and O–H groups in total. The van der Waals surface area contributed by atoms with Crippen molar-refractivity contribution in [2.75, 3.05) is 26.2 Å². The third kappa shape index (κ3) is 32.6. The number of carbonyl (C=O) groups is 15. The van der Waals surface area contributed by atoms with Gasteiger partial charge in [0.15, 0.2) is 5.96 Å².